The van der Waals surface area contributed by atoms with Crippen LogP contribution in [0.5, 0.6) is 0 Å². The molecule has 108 valence electrons. The van der Waals surface area contributed by atoms with Crippen molar-refractivity contribution in [1.29, 1.82) is 0 Å². The lowest BCUT2D eigenvalue weighted by Crippen LogP contribution is -2.47. The molecule has 0 aromatic rings. The quantitative estimate of drug-likeness (QED) is 0.657. The summed E-state index contributed by atoms with van der Waals surface area (Å²) in [7, 11) is 0. The Bertz CT molecular complexity index is 231. The number of rotatable bonds is 9. The fraction of sp³-hybridized carbons (Fsp3) is 0.929. The van der Waals surface area contributed by atoms with Crippen LogP contribution in [0.2, 0.25) is 0 Å². The average molecular weight is 257 g/mol. The molecule has 0 saturated heterocycles. The third-order valence-electron chi connectivity index (χ3n) is 3.30. The number of likely N-dealkylation sites (N-methyl/N-ethyl adjacent to an activating group) is 1. The molecule has 2 unspecified atom stereocenters. The summed E-state index contributed by atoms with van der Waals surface area (Å²) in [6, 6.07) is -0.0730. The molecule has 0 saturated carbocycles. The van der Waals surface area contributed by atoms with Gasteiger partial charge in [-0.15, -0.1) is 0 Å². The highest BCUT2D eigenvalue weighted by Crippen LogP contribution is 2.04. The molecular weight excluding hydrogens is 226 g/mol. The lowest BCUT2D eigenvalue weighted by atomic mass is 10.1. The summed E-state index contributed by atoms with van der Waals surface area (Å²) >= 11 is 0. The second-order valence-electron chi connectivity index (χ2n) is 5.58. The fourth-order valence-corrected chi connectivity index (χ4v) is 1.83. The van der Waals surface area contributed by atoms with E-state index in [9.17, 15) is 4.79 Å². The molecule has 0 bridgehead atoms. The number of carbonyl (C=O) groups is 1. The van der Waals surface area contributed by atoms with E-state index in [2.05, 4.69) is 37.9 Å². The Hall–Kier alpha value is -0.610. The first-order valence-corrected chi connectivity index (χ1v) is 7.14. The molecule has 0 rings (SSSR count). The van der Waals surface area contributed by atoms with Crippen molar-refractivity contribution in [2.45, 2.75) is 47.1 Å². The maximum absolute atomic E-state index is 12.0. The topological polar surface area (TPSA) is 58.4 Å². The molecule has 0 spiro atoms. The zero-order valence-corrected chi connectivity index (χ0v) is 12.7. The highest BCUT2D eigenvalue weighted by atomic mass is 16.2. The molecule has 1 amide bonds. The maximum atomic E-state index is 12.0. The van der Waals surface area contributed by atoms with Gasteiger partial charge in [0.25, 0.3) is 0 Å². The Morgan fingerprint density at radius 3 is 2.33 bits per heavy atom. The molecule has 0 radical (unpaired) electrons. The van der Waals surface area contributed by atoms with Crippen molar-refractivity contribution in [3.8, 4) is 0 Å². The number of hydrogen-bond acceptors (Lipinski definition) is 3. The van der Waals surface area contributed by atoms with Crippen LogP contribution >= 0.6 is 0 Å². The second-order valence-corrected chi connectivity index (χ2v) is 5.58. The standard InChI is InChI=1S/C14H31N3O/c1-6-17(10-12(4)9-15)13(5)14(18)16-8-7-11(2)3/h11-13H,6-10,15H2,1-5H3,(H,16,18). The first kappa shape index (κ1) is 17.4. The predicted molar refractivity (Wildman–Crippen MR) is 77.4 cm³/mol. The molecule has 0 aliphatic rings. The van der Waals surface area contributed by atoms with Crippen LogP contribution in [-0.4, -0.2) is 43.0 Å². The van der Waals surface area contributed by atoms with Crippen molar-refractivity contribution in [2.24, 2.45) is 17.6 Å². The van der Waals surface area contributed by atoms with E-state index in [4.69, 9.17) is 5.73 Å². The third-order valence-corrected chi connectivity index (χ3v) is 3.30. The van der Waals surface area contributed by atoms with Crippen molar-refractivity contribution < 1.29 is 4.79 Å². The molecule has 0 aromatic carbocycles. The van der Waals surface area contributed by atoms with E-state index in [0.29, 0.717) is 18.4 Å². The zero-order chi connectivity index (χ0) is 14.1. The van der Waals surface area contributed by atoms with Crippen molar-refractivity contribution in [2.75, 3.05) is 26.2 Å². The number of carbonyl (C=O) groups excluding carboxylic acids is 1. The monoisotopic (exact) mass is 257 g/mol. The largest absolute Gasteiger partial charge is 0.355 e. The Morgan fingerprint density at radius 2 is 1.89 bits per heavy atom. The predicted octanol–water partition coefficient (Wildman–Crippen LogP) is 1.45. The molecule has 18 heavy (non-hydrogen) atoms. The maximum Gasteiger partial charge on any atom is 0.237 e. The van der Waals surface area contributed by atoms with Gasteiger partial charge in [0, 0.05) is 13.1 Å². The van der Waals surface area contributed by atoms with Crippen LogP contribution in [0.4, 0.5) is 0 Å². The van der Waals surface area contributed by atoms with E-state index in [-0.39, 0.29) is 11.9 Å². The molecule has 3 N–H and O–H groups in total. The average Bonchev–Trinajstić information content (AvgIpc) is 2.34. The van der Waals surface area contributed by atoms with Crippen molar-refractivity contribution in [3.63, 3.8) is 0 Å². The summed E-state index contributed by atoms with van der Waals surface area (Å²) in [5.74, 6) is 1.18. The van der Waals surface area contributed by atoms with Crippen LogP contribution in [0.25, 0.3) is 0 Å². The molecule has 0 fully saturated rings. The van der Waals surface area contributed by atoms with Gasteiger partial charge >= 0.3 is 0 Å². The minimum absolute atomic E-state index is 0.0730. The van der Waals surface area contributed by atoms with Crippen LogP contribution in [0.1, 0.15) is 41.0 Å². The van der Waals surface area contributed by atoms with Gasteiger partial charge in [-0.05, 0) is 38.3 Å². The smallest absolute Gasteiger partial charge is 0.237 e. The second kappa shape index (κ2) is 9.34. The van der Waals surface area contributed by atoms with Gasteiger partial charge in [0.15, 0.2) is 0 Å². The fourth-order valence-electron chi connectivity index (χ4n) is 1.83. The first-order chi connectivity index (χ1) is 8.42. The van der Waals surface area contributed by atoms with Gasteiger partial charge in [0.05, 0.1) is 6.04 Å². The molecule has 0 heterocycles. The SMILES string of the molecule is CCN(CC(C)CN)C(C)C(=O)NCCC(C)C. The first-order valence-electron chi connectivity index (χ1n) is 7.14. The summed E-state index contributed by atoms with van der Waals surface area (Å²) in [6.07, 6.45) is 1.03. The molecular formula is C14H31N3O. The Kier molecular flexibility index (Phi) is 9.02. The summed E-state index contributed by atoms with van der Waals surface area (Å²) in [4.78, 5) is 14.2. The summed E-state index contributed by atoms with van der Waals surface area (Å²) < 4.78 is 0. The minimum atomic E-state index is -0.0730. The Balaban J connectivity index is 4.14. The number of hydrogen-bond donors (Lipinski definition) is 2. The highest BCUT2D eigenvalue weighted by Gasteiger charge is 2.20. The van der Waals surface area contributed by atoms with Crippen molar-refractivity contribution in [3.05, 3.63) is 0 Å². The molecule has 4 heteroatoms. The van der Waals surface area contributed by atoms with Crippen LogP contribution in [0.3, 0.4) is 0 Å². The number of amides is 1. The Morgan fingerprint density at radius 1 is 1.28 bits per heavy atom. The molecule has 0 aromatic heterocycles. The van der Waals surface area contributed by atoms with Crippen molar-refractivity contribution in [1.82, 2.24) is 10.2 Å². The van der Waals surface area contributed by atoms with Crippen LogP contribution < -0.4 is 11.1 Å². The third kappa shape index (κ3) is 6.97. The zero-order valence-electron chi connectivity index (χ0n) is 12.7. The summed E-state index contributed by atoms with van der Waals surface area (Å²) in [5.41, 5.74) is 5.64. The summed E-state index contributed by atoms with van der Waals surface area (Å²) in [5, 5.41) is 3.01. The number of nitrogens with two attached hydrogens (primary N) is 1. The molecule has 2 atom stereocenters. The summed E-state index contributed by atoms with van der Waals surface area (Å²) in [6.45, 7) is 13.7. The molecule has 0 aliphatic carbocycles. The van der Waals surface area contributed by atoms with Crippen LogP contribution in [0, 0.1) is 11.8 Å². The number of nitrogens with zero attached hydrogens (tertiary/aromatic N) is 1. The normalized spacial score (nSPS) is 14.9. The van der Waals surface area contributed by atoms with E-state index in [1.807, 2.05) is 6.92 Å². The minimum Gasteiger partial charge on any atom is -0.355 e. The van der Waals surface area contributed by atoms with Gasteiger partial charge in [-0.3, -0.25) is 9.69 Å². The van der Waals surface area contributed by atoms with Gasteiger partial charge in [0.2, 0.25) is 5.91 Å². The molecule has 0 aliphatic heterocycles. The van der Waals surface area contributed by atoms with E-state index in [1.165, 1.54) is 0 Å². The van der Waals surface area contributed by atoms with E-state index >= 15 is 0 Å². The van der Waals surface area contributed by atoms with Crippen molar-refractivity contribution >= 4 is 5.91 Å². The van der Waals surface area contributed by atoms with Gasteiger partial charge in [-0.2, -0.15) is 0 Å². The van der Waals surface area contributed by atoms with Gasteiger partial charge in [-0.1, -0.05) is 27.7 Å². The van der Waals surface area contributed by atoms with Gasteiger partial charge in [0.1, 0.15) is 0 Å². The number of nitrogens with one attached hydrogen (secondary N) is 1. The highest BCUT2D eigenvalue weighted by molar-refractivity contribution is 5.81. The van der Waals surface area contributed by atoms with E-state index in [1.54, 1.807) is 0 Å². The van der Waals surface area contributed by atoms with Crippen LogP contribution in [-0.2, 0) is 4.79 Å². The van der Waals surface area contributed by atoms with Gasteiger partial charge < -0.3 is 11.1 Å². The molecule has 4 nitrogen and oxygen atoms in total. The van der Waals surface area contributed by atoms with Crippen LogP contribution in [0.15, 0.2) is 0 Å². The van der Waals surface area contributed by atoms with Gasteiger partial charge in [-0.25, -0.2) is 0 Å². The lowest BCUT2D eigenvalue weighted by Gasteiger charge is -2.29. The lowest BCUT2D eigenvalue weighted by molar-refractivity contribution is -0.126. The van der Waals surface area contributed by atoms with E-state index < -0.39 is 0 Å². The Labute approximate surface area is 112 Å². The van der Waals surface area contributed by atoms with E-state index in [0.717, 1.165) is 26.1 Å².